The van der Waals surface area contributed by atoms with Crippen LogP contribution in [0.25, 0.3) is 16.6 Å². The lowest BCUT2D eigenvalue weighted by atomic mass is 9.82. The molecule has 1 saturated heterocycles. The molecule has 10 nitrogen and oxygen atoms in total. The molecule has 1 fully saturated rings. The smallest absolute Gasteiger partial charge is 0.279 e. The van der Waals surface area contributed by atoms with Crippen molar-refractivity contribution >= 4 is 53.3 Å². The molecule has 2 N–H and O–H groups in total. The van der Waals surface area contributed by atoms with Gasteiger partial charge in [-0.05, 0) is 71.3 Å². The summed E-state index contributed by atoms with van der Waals surface area (Å²) in [5, 5.41) is 15.5. The Morgan fingerprint density at radius 2 is 1.66 bits per heavy atom. The van der Waals surface area contributed by atoms with Crippen molar-refractivity contribution in [1.82, 2.24) is 14.7 Å². The van der Waals surface area contributed by atoms with Gasteiger partial charge in [0, 0.05) is 29.6 Å². The number of nitrogens with one attached hydrogen (secondary N) is 1. The Bertz CT molecular complexity index is 2540. The number of fused-ring (bicyclic) bond motifs is 3. The molecule has 3 heterocycles. The molecule has 12 heteroatoms. The van der Waals surface area contributed by atoms with Crippen LogP contribution >= 0.6 is 11.6 Å². The van der Waals surface area contributed by atoms with Crippen molar-refractivity contribution in [3.63, 3.8) is 0 Å². The Morgan fingerprint density at radius 1 is 0.931 bits per heavy atom. The van der Waals surface area contributed by atoms with Crippen LogP contribution in [0.15, 0.2) is 126 Å². The molecule has 58 heavy (non-hydrogen) atoms. The third-order valence-electron chi connectivity index (χ3n) is 12.2. The van der Waals surface area contributed by atoms with Crippen LogP contribution in [0.2, 0.25) is 23.7 Å². The quantitative estimate of drug-likeness (QED) is 0.127. The number of para-hydroxylation sites is 1. The van der Waals surface area contributed by atoms with E-state index in [2.05, 4.69) is 37.2 Å². The second-order valence-electron chi connectivity index (χ2n) is 15.9. The van der Waals surface area contributed by atoms with Crippen molar-refractivity contribution in [2.75, 3.05) is 25.2 Å². The number of aliphatic hydroxyl groups excluding tert-OH is 1. The molecule has 0 saturated carbocycles. The van der Waals surface area contributed by atoms with E-state index in [-0.39, 0.29) is 54.9 Å². The van der Waals surface area contributed by atoms with Crippen LogP contribution in [0, 0.1) is 5.92 Å². The molecule has 2 aliphatic rings. The number of hydrogen-bond acceptors (Lipinski definition) is 6. The fraction of sp³-hybridized carbons (Fsp3) is 0.283. The van der Waals surface area contributed by atoms with Crippen LogP contribution in [0.1, 0.15) is 30.0 Å². The number of aliphatic hydroxyl groups is 1. The van der Waals surface area contributed by atoms with Gasteiger partial charge >= 0.3 is 0 Å². The van der Waals surface area contributed by atoms with Crippen molar-refractivity contribution in [2.24, 2.45) is 5.92 Å². The number of carbonyl (C=O) groups is 2. The van der Waals surface area contributed by atoms with Gasteiger partial charge in [0.2, 0.25) is 5.91 Å². The summed E-state index contributed by atoms with van der Waals surface area (Å²) in [6, 6.07) is 38.3. The number of halogens is 1. The molecule has 8 rings (SSSR count). The van der Waals surface area contributed by atoms with E-state index in [1.54, 1.807) is 29.0 Å². The average molecular weight is 815 g/mol. The number of aromatic nitrogens is 2. The van der Waals surface area contributed by atoms with Gasteiger partial charge in [-0.1, -0.05) is 104 Å². The van der Waals surface area contributed by atoms with E-state index in [9.17, 15) is 14.7 Å². The second-order valence-corrected chi connectivity index (χ2v) is 21.0. The lowest BCUT2D eigenvalue weighted by Gasteiger charge is -2.37. The summed E-state index contributed by atoms with van der Waals surface area (Å²) in [5.74, 6) is 0.00733. The summed E-state index contributed by atoms with van der Waals surface area (Å²) in [6.07, 6.45) is -0.600. The second kappa shape index (κ2) is 15.7. The number of aromatic amines is 1. The molecule has 2 amide bonds. The predicted octanol–water partition coefficient (Wildman–Crippen LogP) is 7.15. The van der Waals surface area contributed by atoms with Crippen LogP contribution in [0.3, 0.4) is 0 Å². The first kappa shape index (κ1) is 39.4. The van der Waals surface area contributed by atoms with E-state index in [1.165, 1.54) is 4.68 Å². The van der Waals surface area contributed by atoms with Crippen LogP contribution in [-0.4, -0.2) is 66.0 Å². The van der Waals surface area contributed by atoms with Gasteiger partial charge in [0.15, 0.2) is 5.60 Å². The van der Waals surface area contributed by atoms with Gasteiger partial charge in [0.1, 0.15) is 5.75 Å². The molecule has 2 aliphatic heterocycles. The number of H-pyrrole nitrogens is 1. The highest BCUT2D eigenvalue weighted by Crippen LogP contribution is 2.60. The summed E-state index contributed by atoms with van der Waals surface area (Å²) in [7, 11) is -0.921. The van der Waals surface area contributed by atoms with Gasteiger partial charge < -0.3 is 24.4 Å². The fourth-order valence-electron chi connectivity index (χ4n) is 9.38. The van der Waals surface area contributed by atoms with E-state index in [0.29, 0.717) is 33.9 Å². The predicted molar refractivity (Wildman–Crippen MR) is 230 cm³/mol. The third kappa shape index (κ3) is 6.85. The van der Waals surface area contributed by atoms with Crippen LogP contribution in [-0.2, 0) is 33.0 Å². The average Bonchev–Trinajstić information content (AvgIpc) is 3.81. The van der Waals surface area contributed by atoms with Crippen molar-refractivity contribution in [1.29, 1.82) is 0 Å². The molecular formula is C46H47ClN4O6Si. The van der Waals surface area contributed by atoms with E-state index >= 15 is 4.79 Å². The van der Waals surface area contributed by atoms with Gasteiger partial charge in [-0.15, -0.1) is 0 Å². The van der Waals surface area contributed by atoms with Gasteiger partial charge in [-0.25, -0.2) is 4.68 Å². The Labute approximate surface area is 343 Å². The summed E-state index contributed by atoms with van der Waals surface area (Å²) < 4.78 is 14.3. The number of nitrogens with zero attached hydrogens (tertiary/aromatic N) is 3. The number of hydrogen-bond donors (Lipinski definition) is 2. The number of anilines is 1. The van der Waals surface area contributed by atoms with Crippen molar-refractivity contribution < 1.29 is 24.2 Å². The monoisotopic (exact) mass is 814 g/mol. The van der Waals surface area contributed by atoms with Gasteiger partial charge in [-0.3, -0.25) is 19.5 Å². The number of rotatable bonds is 12. The lowest BCUT2D eigenvalue weighted by molar-refractivity contribution is -0.150. The van der Waals surface area contributed by atoms with Gasteiger partial charge in [-0.2, -0.15) is 0 Å². The standard InChI is InChI=1S/C46H47ClN4O6Si/c1-30-43(58(3,4)36-20-18-35(56-2)19-21-36)41(27-42(53)49(23-24-52)28-31-11-6-5-7-12-31)57-46(30)38-26-33(47)17-22-40(38)50(45(46)55)29-32-13-10-14-34(25-32)51-44(54)37-15-8-9-16-39(37)48-51/h5-22,25-26,30,41,43,48,52H,23-24,27-29H2,1-4H3/t30-,41+,43-,46+/m0/s1. The Kier molecular flexibility index (Phi) is 10.7. The van der Waals surface area contributed by atoms with E-state index in [1.807, 2.05) is 97.1 Å². The normalized spacial score (nSPS) is 20.2. The number of ether oxygens (including phenoxy) is 2. The highest BCUT2D eigenvalue weighted by Gasteiger charge is 2.66. The zero-order valence-corrected chi connectivity index (χ0v) is 34.8. The highest BCUT2D eigenvalue weighted by atomic mass is 35.5. The minimum absolute atomic E-state index is 0.0284. The molecule has 1 aromatic heterocycles. The molecule has 6 aromatic rings. The summed E-state index contributed by atoms with van der Waals surface area (Å²) >= 11 is 6.74. The lowest BCUT2D eigenvalue weighted by Crippen LogP contribution is -2.52. The minimum Gasteiger partial charge on any atom is -0.497 e. The zero-order valence-electron chi connectivity index (χ0n) is 33.0. The minimum atomic E-state index is -2.56. The van der Waals surface area contributed by atoms with E-state index < -0.39 is 19.8 Å². The maximum atomic E-state index is 15.4. The molecule has 0 unspecified atom stereocenters. The molecule has 4 atom stereocenters. The van der Waals surface area contributed by atoms with E-state index in [0.717, 1.165) is 27.6 Å². The van der Waals surface area contributed by atoms with Crippen LogP contribution in [0.4, 0.5) is 5.69 Å². The van der Waals surface area contributed by atoms with Gasteiger partial charge in [0.05, 0.1) is 63.1 Å². The SMILES string of the molecule is COc1ccc([Si](C)(C)[C@@H]2[C@@H](CC(=O)N(CCO)Cc3ccccc3)O[C@]3(C(=O)N(Cc4cccc(-n5[nH]c6ccccc6c5=O)c4)c4ccc(Cl)cc43)[C@H]2C)cc1. The highest BCUT2D eigenvalue weighted by molar-refractivity contribution is 6.91. The summed E-state index contributed by atoms with van der Waals surface area (Å²) in [6.45, 7) is 7.17. The maximum absolute atomic E-state index is 15.4. The largest absolute Gasteiger partial charge is 0.497 e. The molecule has 298 valence electrons. The summed E-state index contributed by atoms with van der Waals surface area (Å²) in [5.41, 5.74) is 2.74. The first-order valence-electron chi connectivity index (χ1n) is 19.6. The maximum Gasteiger partial charge on any atom is 0.279 e. The number of carbonyl (C=O) groups excluding carboxylic acids is 2. The molecular weight excluding hydrogens is 768 g/mol. The summed E-state index contributed by atoms with van der Waals surface area (Å²) in [4.78, 5) is 46.6. The topological polar surface area (TPSA) is 117 Å². The van der Waals surface area contributed by atoms with Crippen LogP contribution < -0.4 is 20.4 Å². The Balaban J connectivity index is 1.18. The number of amides is 2. The Hall–Kier alpha value is -5.46. The molecule has 5 aromatic carbocycles. The van der Waals surface area contributed by atoms with Crippen molar-refractivity contribution in [3.05, 3.63) is 153 Å². The van der Waals surface area contributed by atoms with Crippen molar-refractivity contribution in [3.8, 4) is 11.4 Å². The molecule has 0 radical (unpaired) electrons. The molecule has 0 aliphatic carbocycles. The van der Waals surface area contributed by atoms with Crippen LogP contribution in [0.5, 0.6) is 5.75 Å². The zero-order chi connectivity index (χ0) is 40.8. The molecule has 0 bridgehead atoms. The number of methoxy groups -OCH3 is 1. The fourth-order valence-corrected chi connectivity index (χ4v) is 13.6. The van der Waals surface area contributed by atoms with Crippen molar-refractivity contribution in [2.45, 2.75) is 56.8 Å². The first-order chi connectivity index (χ1) is 28.0. The third-order valence-corrected chi connectivity index (χ3v) is 16.8. The van der Waals surface area contributed by atoms with E-state index in [4.69, 9.17) is 21.1 Å². The Morgan fingerprint density at radius 3 is 2.38 bits per heavy atom. The number of benzene rings is 5. The molecule has 1 spiro atoms. The first-order valence-corrected chi connectivity index (χ1v) is 23.1. The van der Waals surface area contributed by atoms with Gasteiger partial charge in [0.25, 0.3) is 11.5 Å².